The Morgan fingerprint density at radius 1 is 1.15 bits per heavy atom. The third kappa shape index (κ3) is 3.77. The van der Waals surface area contributed by atoms with Crippen LogP contribution in [0.2, 0.25) is 0 Å². The highest BCUT2D eigenvalue weighted by Gasteiger charge is 2.25. The number of carbonyl (C=O) groups is 2. The van der Waals surface area contributed by atoms with Crippen LogP contribution in [0.4, 0.5) is 10.6 Å². The van der Waals surface area contributed by atoms with E-state index < -0.39 is 12.0 Å². The van der Waals surface area contributed by atoms with E-state index in [1.54, 1.807) is 19.2 Å². The minimum atomic E-state index is -0.886. The van der Waals surface area contributed by atoms with Gasteiger partial charge in [-0.15, -0.1) is 0 Å². The highest BCUT2D eigenvalue weighted by Crippen LogP contribution is 2.24. The molecule has 0 aliphatic carbocycles. The molecule has 1 aromatic carbocycles. The first-order valence-electron chi connectivity index (χ1n) is 8.53. The Balaban J connectivity index is 1.72. The van der Waals surface area contributed by atoms with E-state index in [9.17, 15) is 9.59 Å². The van der Waals surface area contributed by atoms with Crippen molar-refractivity contribution in [1.82, 2.24) is 9.88 Å². The van der Waals surface area contributed by atoms with Crippen molar-refractivity contribution in [1.29, 1.82) is 0 Å². The molecule has 0 saturated carbocycles. The summed E-state index contributed by atoms with van der Waals surface area (Å²) in [5.74, 6) is 0.422. The second kappa shape index (κ2) is 7.43. The van der Waals surface area contributed by atoms with Gasteiger partial charge in [-0.05, 0) is 37.1 Å². The highest BCUT2D eigenvalue weighted by atomic mass is 16.4. The Morgan fingerprint density at radius 3 is 2.38 bits per heavy atom. The van der Waals surface area contributed by atoms with E-state index in [1.807, 2.05) is 30.3 Å². The summed E-state index contributed by atoms with van der Waals surface area (Å²) in [6.45, 7) is 1.53. The molecule has 2 aromatic rings. The van der Waals surface area contributed by atoms with Gasteiger partial charge in [0, 0.05) is 37.3 Å². The van der Waals surface area contributed by atoms with E-state index in [1.165, 1.54) is 4.90 Å². The van der Waals surface area contributed by atoms with E-state index in [0.717, 1.165) is 43.0 Å². The fraction of sp³-hybridized carbons (Fsp3) is 0.316. The zero-order chi connectivity index (χ0) is 18.7. The van der Waals surface area contributed by atoms with Gasteiger partial charge in [0.1, 0.15) is 5.82 Å². The molecule has 0 spiro atoms. The quantitative estimate of drug-likeness (QED) is 0.878. The molecule has 0 radical (unpaired) electrons. The van der Waals surface area contributed by atoms with Gasteiger partial charge in [0.2, 0.25) is 5.91 Å². The number of carboxylic acid groups (broad SMARTS) is 1. The van der Waals surface area contributed by atoms with E-state index >= 15 is 0 Å². The maximum atomic E-state index is 11.2. The molecule has 3 rings (SSSR count). The maximum absolute atomic E-state index is 11.2. The number of pyridine rings is 1. The number of primary amides is 1. The van der Waals surface area contributed by atoms with Crippen molar-refractivity contribution in [3.05, 3.63) is 48.0 Å². The molecule has 26 heavy (non-hydrogen) atoms. The van der Waals surface area contributed by atoms with Crippen LogP contribution in [-0.4, -0.2) is 53.2 Å². The first-order valence-corrected chi connectivity index (χ1v) is 8.53. The van der Waals surface area contributed by atoms with Gasteiger partial charge >= 0.3 is 6.09 Å². The van der Waals surface area contributed by atoms with Crippen molar-refractivity contribution in [2.75, 3.05) is 25.0 Å². The number of amides is 2. The molecule has 1 saturated heterocycles. The van der Waals surface area contributed by atoms with Crippen LogP contribution in [0.15, 0.2) is 42.5 Å². The van der Waals surface area contributed by atoms with Crippen molar-refractivity contribution in [2.24, 2.45) is 5.73 Å². The number of anilines is 1. The Labute approximate surface area is 152 Å². The second-order valence-corrected chi connectivity index (χ2v) is 6.43. The summed E-state index contributed by atoms with van der Waals surface area (Å²) >= 11 is 0. The molecular formula is C19H22N4O3. The number of nitrogens with two attached hydrogens (primary N) is 1. The summed E-state index contributed by atoms with van der Waals surface area (Å²) < 4.78 is 0. The van der Waals surface area contributed by atoms with Crippen molar-refractivity contribution < 1.29 is 14.7 Å². The van der Waals surface area contributed by atoms with Crippen LogP contribution in [0, 0.1) is 0 Å². The predicted molar refractivity (Wildman–Crippen MR) is 99.2 cm³/mol. The fourth-order valence-electron chi connectivity index (χ4n) is 3.20. The van der Waals surface area contributed by atoms with E-state index in [2.05, 4.69) is 4.90 Å². The molecule has 1 fully saturated rings. The van der Waals surface area contributed by atoms with Gasteiger partial charge in [-0.3, -0.25) is 4.79 Å². The Morgan fingerprint density at radius 2 is 1.81 bits per heavy atom. The Hall–Kier alpha value is -3.09. The average molecular weight is 354 g/mol. The van der Waals surface area contributed by atoms with Crippen molar-refractivity contribution >= 4 is 17.8 Å². The molecule has 1 aromatic heterocycles. The first kappa shape index (κ1) is 17.7. The molecular weight excluding hydrogens is 332 g/mol. The van der Waals surface area contributed by atoms with Gasteiger partial charge < -0.3 is 20.6 Å². The van der Waals surface area contributed by atoms with Crippen LogP contribution in [-0.2, 0) is 0 Å². The molecule has 7 nitrogen and oxygen atoms in total. The lowest BCUT2D eigenvalue weighted by molar-refractivity contribution is 0.1000. The zero-order valence-corrected chi connectivity index (χ0v) is 14.6. The number of nitrogens with zero attached hydrogens (tertiary/aromatic N) is 3. The second-order valence-electron chi connectivity index (χ2n) is 6.43. The monoisotopic (exact) mass is 354 g/mol. The van der Waals surface area contributed by atoms with Crippen LogP contribution in [0.25, 0.3) is 11.3 Å². The van der Waals surface area contributed by atoms with Crippen molar-refractivity contribution in [2.45, 2.75) is 18.9 Å². The molecule has 136 valence electrons. The van der Waals surface area contributed by atoms with Crippen molar-refractivity contribution in [3.8, 4) is 11.3 Å². The lowest BCUT2D eigenvalue weighted by Gasteiger charge is -2.36. The average Bonchev–Trinajstić information content (AvgIpc) is 2.67. The molecule has 1 aliphatic rings. The normalized spacial score (nSPS) is 14.9. The molecule has 0 atom stereocenters. The van der Waals surface area contributed by atoms with Gasteiger partial charge in [-0.2, -0.15) is 0 Å². The number of hydrogen-bond donors (Lipinski definition) is 2. The zero-order valence-electron chi connectivity index (χ0n) is 14.6. The summed E-state index contributed by atoms with van der Waals surface area (Å²) in [7, 11) is 1.62. The summed E-state index contributed by atoms with van der Waals surface area (Å²) in [5, 5.41) is 9.10. The molecule has 0 unspecified atom stereocenters. The summed E-state index contributed by atoms with van der Waals surface area (Å²) in [6.07, 6.45) is 0.673. The lowest BCUT2D eigenvalue weighted by atomic mass is 10.0. The van der Waals surface area contributed by atoms with Gasteiger partial charge in [0.25, 0.3) is 0 Å². The first-order chi connectivity index (χ1) is 12.5. The van der Waals surface area contributed by atoms with E-state index in [-0.39, 0.29) is 6.04 Å². The third-order valence-corrected chi connectivity index (χ3v) is 4.84. The molecule has 1 aliphatic heterocycles. The van der Waals surface area contributed by atoms with Crippen LogP contribution in [0.3, 0.4) is 0 Å². The lowest BCUT2D eigenvalue weighted by Crippen LogP contribution is -2.45. The number of rotatable bonds is 4. The third-order valence-electron chi connectivity index (χ3n) is 4.84. The molecule has 2 amide bonds. The number of benzene rings is 1. The Kier molecular flexibility index (Phi) is 5.06. The van der Waals surface area contributed by atoms with Gasteiger partial charge in [0.05, 0.1) is 5.69 Å². The van der Waals surface area contributed by atoms with Gasteiger partial charge in [-0.1, -0.05) is 18.2 Å². The Bertz CT molecular complexity index is 799. The summed E-state index contributed by atoms with van der Waals surface area (Å²) in [5.41, 5.74) is 7.48. The van der Waals surface area contributed by atoms with E-state index in [0.29, 0.717) is 5.56 Å². The summed E-state index contributed by atoms with van der Waals surface area (Å²) in [4.78, 5) is 30.6. The van der Waals surface area contributed by atoms with Crippen LogP contribution in [0.1, 0.15) is 23.2 Å². The number of hydrogen-bond acceptors (Lipinski definition) is 4. The minimum absolute atomic E-state index is 0.0493. The SMILES string of the molecule is CN(C(=O)O)C1CCN(c2cccc(-c3ccc(C(N)=O)cc3)n2)CC1. The van der Waals surface area contributed by atoms with Crippen LogP contribution in [0.5, 0.6) is 0 Å². The van der Waals surface area contributed by atoms with Crippen LogP contribution >= 0.6 is 0 Å². The number of piperidine rings is 1. The topological polar surface area (TPSA) is 99.8 Å². The molecule has 2 heterocycles. The molecule has 7 heteroatoms. The number of carbonyl (C=O) groups excluding carboxylic acids is 1. The van der Waals surface area contributed by atoms with Crippen LogP contribution < -0.4 is 10.6 Å². The van der Waals surface area contributed by atoms with E-state index in [4.69, 9.17) is 15.8 Å². The maximum Gasteiger partial charge on any atom is 0.407 e. The minimum Gasteiger partial charge on any atom is -0.465 e. The molecule has 0 bridgehead atoms. The van der Waals surface area contributed by atoms with Gasteiger partial charge in [-0.25, -0.2) is 9.78 Å². The fourth-order valence-corrected chi connectivity index (χ4v) is 3.20. The summed E-state index contributed by atoms with van der Waals surface area (Å²) in [6, 6.07) is 12.9. The molecule has 3 N–H and O–H groups in total. The van der Waals surface area contributed by atoms with Crippen molar-refractivity contribution in [3.63, 3.8) is 0 Å². The smallest absolute Gasteiger partial charge is 0.407 e. The standard InChI is InChI=1S/C19H22N4O3/c1-22(19(25)26)15-9-11-23(12-10-15)17-4-2-3-16(21-17)13-5-7-14(8-6-13)18(20)24/h2-8,15H,9-12H2,1H3,(H2,20,24)(H,25,26). The largest absolute Gasteiger partial charge is 0.465 e. The number of aromatic nitrogens is 1. The highest BCUT2D eigenvalue weighted by molar-refractivity contribution is 5.93. The predicted octanol–water partition coefficient (Wildman–Crippen LogP) is 2.43. The van der Waals surface area contributed by atoms with Gasteiger partial charge in [0.15, 0.2) is 0 Å².